The third-order valence-corrected chi connectivity index (χ3v) is 12.7. The van der Waals surface area contributed by atoms with Gasteiger partial charge in [0.2, 0.25) is 0 Å². The summed E-state index contributed by atoms with van der Waals surface area (Å²) in [5, 5.41) is 8.46. The number of amides is 2. The maximum atomic E-state index is 12.5. The van der Waals surface area contributed by atoms with Gasteiger partial charge in [0.25, 0.3) is 11.8 Å². The lowest BCUT2D eigenvalue weighted by Gasteiger charge is -2.42. The van der Waals surface area contributed by atoms with E-state index in [1.165, 1.54) is 100 Å². The van der Waals surface area contributed by atoms with Crippen molar-refractivity contribution in [2.45, 2.75) is 81.7 Å². The summed E-state index contributed by atoms with van der Waals surface area (Å²) in [6.45, 7) is 4.94. The Bertz CT molecular complexity index is 2270. The van der Waals surface area contributed by atoms with Gasteiger partial charge < -0.3 is 29.8 Å². The average Bonchev–Trinajstić information content (AvgIpc) is 4.00. The Hall–Kier alpha value is -4.89. The summed E-state index contributed by atoms with van der Waals surface area (Å²) in [5.41, 5.74) is 7.79. The molecule has 290 valence electrons. The Morgan fingerprint density at radius 1 is 0.607 bits per heavy atom. The van der Waals surface area contributed by atoms with Crippen LogP contribution >= 0.6 is 12.4 Å². The van der Waals surface area contributed by atoms with Gasteiger partial charge in [-0.1, -0.05) is 42.8 Å². The number of aromatic nitrogens is 1. The normalized spacial score (nSPS) is 22.3. The lowest BCUT2D eigenvalue weighted by Crippen LogP contribution is -2.44. The molecule has 6 heterocycles. The quantitative estimate of drug-likeness (QED) is 0.157. The van der Waals surface area contributed by atoms with Crippen LogP contribution in [-0.2, 0) is 0 Å². The number of benzene rings is 4. The van der Waals surface area contributed by atoms with Gasteiger partial charge in [-0.2, -0.15) is 0 Å². The highest BCUT2D eigenvalue weighted by Gasteiger charge is 2.34. The van der Waals surface area contributed by atoms with E-state index in [0.717, 1.165) is 39.9 Å². The molecule has 3 N–H and O–H groups in total. The van der Waals surface area contributed by atoms with Gasteiger partial charge in [0.15, 0.2) is 0 Å². The standard InChI is InChI=1S/C24H27N3O.C23H24N2O2.ClH/c28-24(17-6-2-1-3-7-17)26-19-9-10-23-21(15-19)22(16-25-23)18-11-13-27-12-5-4-8-20(27)14-18;26-23(16-5-2-1-3-6-16)24-18-8-9-22-20(14-18)21(15-27-22)17-10-12-25-11-4-7-19(25)13-17;/h1-3,6-7,9-10,15-16,18,20,25H,4-5,8,11-14H2,(H,26,28);1-3,5-6,8-9,14-15,17,19H,4,7,10-13H2,(H,24,26);1H. The van der Waals surface area contributed by atoms with Gasteiger partial charge in [0.1, 0.15) is 5.58 Å². The van der Waals surface area contributed by atoms with Gasteiger partial charge in [-0.15, -0.1) is 12.4 Å². The van der Waals surface area contributed by atoms with E-state index in [4.69, 9.17) is 4.42 Å². The Morgan fingerprint density at radius 2 is 1.18 bits per heavy atom. The summed E-state index contributed by atoms with van der Waals surface area (Å²) >= 11 is 0. The van der Waals surface area contributed by atoms with E-state index >= 15 is 0 Å². The second-order valence-corrected chi connectivity index (χ2v) is 16.0. The van der Waals surface area contributed by atoms with Crippen molar-refractivity contribution in [2.75, 3.05) is 36.8 Å². The minimum atomic E-state index is -0.0840. The van der Waals surface area contributed by atoms with Gasteiger partial charge >= 0.3 is 0 Å². The van der Waals surface area contributed by atoms with Crippen molar-refractivity contribution in [1.29, 1.82) is 0 Å². The molecule has 4 atom stereocenters. The van der Waals surface area contributed by atoms with Crippen molar-refractivity contribution in [3.63, 3.8) is 0 Å². The minimum Gasteiger partial charge on any atom is -0.464 e. The summed E-state index contributed by atoms with van der Waals surface area (Å²) in [5.74, 6) is 1.01. The molecule has 0 aliphatic carbocycles. The lowest BCUT2D eigenvalue weighted by molar-refractivity contribution is 0.0977. The van der Waals surface area contributed by atoms with Crippen LogP contribution in [0.3, 0.4) is 0 Å². The Morgan fingerprint density at radius 3 is 1.84 bits per heavy atom. The van der Waals surface area contributed by atoms with Crippen LogP contribution in [0.1, 0.15) is 101 Å². The number of furan rings is 1. The van der Waals surface area contributed by atoms with Crippen LogP contribution in [0.15, 0.2) is 114 Å². The molecule has 4 aliphatic rings. The van der Waals surface area contributed by atoms with Crippen LogP contribution in [0.4, 0.5) is 11.4 Å². The molecule has 9 heteroatoms. The van der Waals surface area contributed by atoms with E-state index in [2.05, 4.69) is 49.8 Å². The molecule has 0 bridgehead atoms. The largest absolute Gasteiger partial charge is 0.464 e. The second kappa shape index (κ2) is 17.1. The summed E-state index contributed by atoms with van der Waals surface area (Å²) in [6.07, 6.45) is 15.7. The molecule has 8 nitrogen and oxygen atoms in total. The fourth-order valence-corrected chi connectivity index (χ4v) is 9.76. The number of H-pyrrole nitrogens is 1. The summed E-state index contributed by atoms with van der Waals surface area (Å²) in [7, 11) is 0. The third kappa shape index (κ3) is 8.15. The summed E-state index contributed by atoms with van der Waals surface area (Å²) in [4.78, 5) is 33.7. The number of rotatable bonds is 6. The fourth-order valence-electron chi connectivity index (χ4n) is 9.76. The number of carbonyl (C=O) groups excluding carboxylic acids is 2. The van der Waals surface area contributed by atoms with E-state index in [1.54, 1.807) is 0 Å². The number of hydrogen-bond donors (Lipinski definition) is 3. The molecule has 56 heavy (non-hydrogen) atoms. The number of aromatic amines is 1. The topological polar surface area (TPSA) is 93.6 Å². The first-order valence-electron chi connectivity index (χ1n) is 20.4. The number of anilines is 2. The van der Waals surface area contributed by atoms with Crippen LogP contribution in [0.25, 0.3) is 21.9 Å². The predicted octanol–water partition coefficient (Wildman–Crippen LogP) is 10.6. The van der Waals surface area contributed by atoms with Gasteiger partial charge in [0, 0.05) is 62.6 Å². The van der Waals surface area contributed by atoms with Crippen LogP contribution in [-0.4, -0.2) is 64.9 Å². The molecule has 0 spiro atoms. The molecule has 4 saturated heterocycles. The molecule has 0 radical (unpaired) electrons. The summed E-state index contributed by atoms with van der Waals surface area (Å²) < 4.78 is 5.83. The number of carbonyl (C=O) groups is 2. The van der Waals surface area contributed by atoms with Crippen molar-refractivity contribution >= 4 is 57.5 Å². The lowest BCUT2D eigenvalue weighted by atomic mass is 9.82. The second-order valence-electron chi connectivity index (χ2n) is 16.0. The van der Waals surface area contributed by atoms with Gasteiger partial charge in [-0.05, 0) is 156 Å². The van der Waals surface area contributed by atoms with E-state index in [-0.39, 0.29) is 24.2 Å². The first-order chi connectivity index (χ1) is 27.1. The van der Waals surface area contributed by atoms with Crippen LogP contribution in [0, 0.1) is 0 Å². The maximum absolute atomic E-state index is 12.5. The predicted molar refractivity (Wildman–Crippen MR) is 228 cm³/mol. The fraction of sp³-hybridized carbons (Fsp3) is 0.362. The van der Waals surface area contributed by atoms with Gasteiger partial charge in [-0.25, -0.2) is 0 Å². The highest BCUT2D eigenvalue weighted by molar-refractivity contribution is 6.06. The van der Waals surface area contributed by atoms with E-state index in [1.807, 2.05) is 85.1 Å². The monoisotopic (exact) mass is 769 g/mol. The molecule has 6 aromatic rings. The molecular weight excluding hydrogens is 718 g/mol. The zero-order valence-electron chi connectivity index (χ0n) is 31.9. The van der Waals surface area contributed by atoms with Crippen molar-refractivity contribution in [2.24, 2.45) is 0 Å². The summed E-state index contributed by atoms with van der Waals surface area (Å²) in [6, 6.07) is 32.3. The van der Waals surface area contributed by atoms with Crippen LogP contribution in [0.5, 0.6) is 0 Å². The highest BCUT2D eigenvalue weighted by Crippen LogP contribution is 2.41. The van der Waals surface area contributed by atoms with Crippen molar-refractivity contribution in [3.8, 4) is 0 Å². The number of nitrogens with zero attached hydrogens (tertiary/aromatic N) is 2. The van der Waals surface area contributed by atoms with Crippen LogP contribution < -0.4 is 10.6 Å². The Balaban J connectivity index is 0.000000155. The SMILES string of the molecule is Cl.O=C(Nc1ccc2[nH]cc(C3CCN4CCCCC4C3)c2c1)c1ccccc1.O=C(Nc1ccc2occ(C3CCN4CCCC4C3)c2c1)c1ccccc1. The first-order valence-corrected chi connectivity index (χ1v) is 20.4. The number of hydrogen-bond acceptors (Lipinski definition) is 5. The first kappa shape index (κ1) is 38.0. The average molecular weight is 770 g/mol. The molecule has 4 fully saturated rings. The van der Waals surface area contributed by atoms with E-state index < -0.39 is 0 Å². The van der Waals surface area contributed by atoms with Crippen LogP contribution in [0.2, 0.25) is 0 Å². The van der Waals surface area contributed by atoms with Gasteiger partial charge in [-0.3, -0.25) is 9.59 Å². The molecule has 2 aromatic heterocycles. The Kier molecular flexibility index (Phi) is 11.6. The molecule has 2 amide bonds. The molecule has 4 aliphatic heterocycles. The molecule has 0 saturated carbocycles. The van der Waals surface area contributed by atoms with E-state index in [9.17, 15) is 9.59 Å². The molecule has 4 aromatic carbocycles. The maximum Gasteiger partial charge on any atom is 0.255 e. The number of piperidine rings is 3. The van der Waals surface area contributed by atoms with E-state index in [0.29, 0.717) is 23.0 Å². The molecular formula is C47H52ClN5O3. The minimum absolute atomic E-state index is 0. The number of nitrogens with one attached hydrogen (secondary N) is 3. The third-order valence-electron chi connectivity index (χ3n) is 12.7. The van der Waals surface area contributed by atoms with Crippen molar-refractivity contribution < 1.29 is 14.0 Å². The van der Waals surface area contributed by atoms with Gasteiger partial charge in [0.05, 0.1) is 6.26 Å². The van der Waals surface area contributed by atoms with Crippen molar-refractivity contribution in [3.05, 3.63) is 132 Å². The Labute approximate surface area is 335 Å². The molecule has 4 unspecified atom stereocenters. The highest BCUT2D eigenvalue weighted by atomic mass is 35.5. The van der Waals surface area contributed by atoms with Crippen molar-refractivity contribution in [1.82, 2.24) is 14.8 Å². The number of fused-ring (bicyclic) bond motifs is 4. The smallest absolute Gasteiger partial charge is 0.255 e. The molecule has 10 rings (SSSR count). The zero-order valence-corrected chi connectivity index (χ0v) is 32.7. The zero-order chi connectivity index (χ0) is 37.1. The number of halogens is 1.